The number of halogens is 2. The molecule has 1 saturated heterocycles. The highest BCUT2D eigenvalue weighted by Crippen LogP contribution is 2.56. The molecule has 2 rings (SSSR count). The van der Waals surface area contributed by atoms with Crippen LogP contribution < -0.4 is 11.4 Å². The van der Waals surface area contributed by atoms with Crippen LogP contribution >= 0.6 is 7.82 Å². The summed E-state index contributed by atoms with van der Waals surface area (Å²) in [5.41, 5.74) is 2.41. The summed E-state index contributed by atoms with van der Waals surface area (Å²) in [6.45, 7) is 8.93. The van der Waals surface area contributed by atoms with E-state index in [0.29, 0.717) is 4.57 Å². The van der Waals surface area contributed by atoms with Crippen molar-refractivity contribution < 1.29 is 36.8 Å². The van der Waals surface area contributed by atoms with Crippen LogP contribution in [0.25, 0.3) is 0 Å². The Balaban J connectivity index is 2.23. The summed E-state index contributed by atoms with van der Waals surface area (Å²) in [6, 6.07) is 1.14. The zero-order valence-electron chi connectivity index (χ0n) is 17.7. The number of aliphatic hydroxyl groups is 1. The molecule has 1 aromatic rings. The van der Waals surface area contributed by atoms with E-state index in [1.165, 1.54) is 0 Å². The first-order chi connectivity index (χ1) is 13.4. The molecular formula is C17H28F2N3O7P. The van der Waals surface area contributed by atoms with Gasteiger partial charge in [0.15, 0.2) is 6.10 Å². The number of aromatic nitrogens is 2. The first-order valence-electron chi connectivity index (χ1n) is 9.16. The molecule has 0 unspecified atom stereocenters. The van der Waals surface area contributed by atoms with E-state index in [4.69, 9.17) is 24.0 Å². The van der Waals surface area contributed by atoms with Gasteiger partial charge in [0, 0.05) is 6.20 Å². The normalized spacial score (nSPS) is 24.9. The van der Waals surface area contributed by atoms with Gasteiger partial charge in [0.25, 0.3) is 0 Å². The fourth-order valence-corrected chi connectivity index (χ4v) is 4.43. The van der Waals surface area contributed by atoms with Crippen molar-refractivity contribution >= 4 is 13.6 Å². The van der Waals surface area contributed by atoms with E-state index < -0.39 is 55.7 Å². The average molecular weight is 455 g/mol. The zero-order chi connectivity index (χ0) is 23.1. The highest BCUT2D eigenvalue weighted by molar-refractivity contribution is 7.48. The predicted molar refractivity (Wildman–Crippen MR) is 103 cm³/mol. The van der Waals surface area contributed by atoms with Gasteiger partial charge < -0.3 is 15.6 Å². The maximum atomic E-state index is 14.6. The van der Waals surface area contributed by atoms with Crippen molar-refractivity contribution in [3.05, 3.63) is 22.7 Å². The Labute approximate surface area is 172 Å². The van der Waals surface area contributed by atoms with Crippen LogP contribution in [-0.4, -0.2) is 50.6 Å². The van der Waals surface area contributed by atoms with Gasteiger partial charge in [0.2, 0.25) is 6.23 Å². The van der Waals surface area contributed by atoms with Gasteiger partial charge in [0.05, 0.1) is 17.8 Å². The summed E-state index contributed by atoms with van der Waals surface area (Å²) in [5, 5.41) is 10.1. The molecule has 3 atom stereocenters. The Morgan fingerprint density at radius 2 is 1.80 bits per heavy atom. The van der Waals surface area contributed by atoms with Crippen molar-refractivity contribution in [2.45, 2.75) is 77.1 Å². The summed E-state index contributed by atoms with van der Waals surface area (Å²) in [5.74, 6) is -4.02. The first kappa shape index (κ1) is 24.8. The van der Waals surface area contributed by atoms with Gasteiger partial charge in [-0.25, -0.2) is 9.36 Å². The third-order valence-corrected chi connectivity index (χ3v) is 5.66. The standard InChI is InChI=1S/C17H28F2N3O7P/c1-15(2,3)28-30(25,29-16(4,5)6)26-9-10-12(23)17(18,19)13(27-10)22-8-7-11(20)21-14(22)24/h7-8,10,12-13,23H,9H2,1-6H3,(H2,20,21,24)/t10-,12-,13-/m1/s1. The number of nitrogens with two attached hydrogens (primary N) is 1. The lowest BCUT2D eigenvalue weighted by molar-refractivity contribution is -0.140. The molecule has 1 aliphatic rings. The van der Waals surface area contributed by atoms with Gasteiger partial charge in [-0.3, -0.25) is 18.1 Å². The van der Waals surface area contributed by atoms with Crippen LogP contribution in [0.15, 0.2) is 17.1 Å². The number of hydrogen-bond acceptors (Lipinski definition) is 9. The molecule has 2 heterocycles. The van der Waals surface area contributed by atoms with Crippen LogP contribution in [0.5, 0.6) is 0 Å². The maximum absolute atomic E-state index is 14.6. The lowest BCUT2D eigenvalue weighted by Gasteiger charge is -2.31. The molecule has 0 saturated carbocycles. The second-order valence-electron chi connectivity index (χ2n) is 8.84. The van der Waals surface area contributed by atoms with Crippen LogP contribution in [0.3, 0.4) is 0 Å². The number of anilines is 1. The molecule has 0 amide bonds. The highest BCUT2D eigenvalue weighted by atomic mass is 31.2. The topological polar surface area (TPSA) is 135 Å². The quantitative estimate of drug-likeness (QED) is 0.620. The lowest BCUT2D eigenvalue weighted by atomic mass is 10.1. The average Bonchev–Trinajstić information content (AvgIpc) is 2.73. The number of aliphatic hydroxyl groups excluding tert-OH is 1. The number of phosphoric acid groups is 1. The van der Waals surface area contributed by atoms with Crippen molar-refractivity contribution in [2.75, 3.05) is 12.3 Å². The van der Waals surface area contributed by atoms with E-state index in [9.17, 15) is 23.2 Å². The molecule has 13 heteroatoms. The van der Waals surface area contributed by atoms with Crippen molar-refractivity contribution in [1.82, 2.24) is 9.55 Å². The molecule has 3 N–H and O–H groups in total. The SMILES string of the molecule is CC(C)(C)OP(=O)(OC[C@H]1O[C@@H](n2ccc(N)nc2=O)C(F)(F)[C@@H]1O)OC(C)(C)C. The van der Waals surface area contributed by atoms with Crippen molar-refractivity contribution in [3.8, 4) is 0 Å². The van der Waals surface area contributed by atoms with Gasteiger partial charge >= 0.3 is 19.4 Å². The minimum absolute atomic E-state index is 0.155. The van der Waals surface area contributed by atoms with Gasteiger partial charge in [0.1, 0.15) is 11.9 Å². The number of nitrogen functional groups attached to an aromatic ring is 1. The monoisotopic (exact) mass is 455 g/mol. The van der Waals surface area contributed by atoms with E-state index in [1.807, 2.05) is 0 Å². The minimum Gasteiger partial charge on any atom is -0.384 e. The van der Waals surface area contributed by atoms with Crippen molar-refractivity contribution in [3.63, 3.8) is 0 Å². The molecule has 1 aromatic heterocycles. The summed E-state index contributed by atoms with van der Waals surface area (Å²) in [6.07, 6.45) is -5.16. The van der Waals surface area contributed by atoms with E-state index in [2.05, 4.69) is 4.98 Å². The number of alkyl halides is 2. The van der Waals surface area contributed by atoms with Crippen LogP contribution in [0.4, 0.5) is 14.6 Å². The largest absolute Gasteiger partial charge is 0.475 e. The van der Waals surface area contributed by atoms with Crippen LogP contribution in [0.1, 0.15) is 47.8 Å². The van der Waals surface area contributed by atoms with Gasteiger partial charge in [-0.2, -0.15) is 13.8 Å². The fourth-order valence-electron chi connectivity index (χ4n) is 2.62. The number of nitrogens with zero attached hydrogens (tertiary/aromatic N) is 2. The highest BCUT2D eigenvalue weighted by Gasteiger charge is 2.60. The third kappa shape index (κ3) is 6.05. The molecule has 10 nitrogen and oxygen atoms in total. The maximum Gasteiger partial charge on any atom is 0.475 e. The molecule has 0 aliphatic carbocycles. The lowest BCUT2D eigenvalue weighted by Crippen LogP contribution is -2.42. The Morgan fingerprint density at radius 1 is 1.27 bits per heavy atom. The number of hydrogen-bond donors (Lipinski definition) is 2. The molecule has 30 heavy (non-hydrogen) atoms. The number of phosphoric ester groups is 1. The van der Waals surface area contributed by atoms with Crippen LogP contribution in [-0.2, 0) is 22.9 Å². The first-order valence-corrected chi connectivity index (χ1v) is 10.6. The van der Waals surface area contributed by atoms with Crippen LogP contribution in [0, 0.1) is 0 Å². The molecule has 1 fully saturated rings. The Hall–Kier alpha value is -1.43. The fraction of sp³-hybridized carbons (Fsp3) is 0.765. The van der Waals surface area contributed by atoms with E-state index >= 15 is 0 Å². The zero-order valence-corrected chi connectivity index (χ0v) is 18.6. The number of rotatable bonds is 6. The molecule has 1 aliphatic heterocycles. The second kappa shape index (κ2) is 8.25. The van der Waals surface area contributed by atoms with Gasteiger partial charge in [-0.05, 0) is 47.6 Å². The Bertz CT molecular complexity index is 846. The third-order valence-electron chi connectivity index (χ3n) is 3.65. The van der Waals surface area contributed by atoms with Crippen molar-refractivity contribution in [2.24, 2.45) is 0 Å². The summed E-state index contributed by atoms with van der Waals surface area (Å²) in [4.78, 5) is 15.3. The number of ether oxygens (including phenoxy) is 1. The van der Waals surface area contributed by atoms with E-state index in [-0.39, 0.29) is 5.82 Å². The molecule has 0 spiro atoms. The molecule has 172 valence electrons. The minimum atomic E-state index is -4.22. The Kier molecular flexibility index (Phi) is 6.83. The molecule has 0 bridgehead atoms. The van der Waals surface area contributed by atoms with E-state index in [1.54, 1.807) is 41.5 Å². The summed E-state index contributed by atoms with van der Waals surface area (Å²) >= 11 is 0. The molecular weight excluding hydrogens is 427 g/mol. The van der Waals surface area contributed by atoms with E-state index in [0.717, 1.165) is 12.3 Å². The second-order valence-corrected chi connectivity index (χ2v) is 10.4. The summed E-state index contributed by atoms with van der Waals surface area (Å²) < 4.78 is 64.0. The molecule has 0 radical (unpaired) electrons. The van der Waals surface area contributed by atoms with Crippen molar-refractivity contribution in [1.29, 1.82) is 0 Å². The van der Waals surface area contributed by atoms with Crippen LogP contribution in [0.2, 0.25) is 0 Å². The van der Waals surface area contributed by atoms with Gasteiger partial charge in [-0.15, -0.1) is 0 Å². The predicted octanol–water partition coefficient (Wildman–Crippen LogP) is 2.47. The van der Waals surface area contributed by atoms with Gasteiger partial charge in [-0.1, -0.05) is 0 Å². The smallest absolute Gasteiger partial charge is 0.384 e. The Morgan fingerprint density at radius 3 is 2.27 bits per heavy atom. The molecule has 0 aromatic carbocycles. The summed E-state index contributed by atoms with van der Waals surface area (Å²) in [7, 11) is -4.22.